The summed E-state index contributed by atoms with van der Waals surface area (Å²) >= 11 is 0. The summed E-state index contributed by atoms with van der Waals surface area (Å²) in [6.07, 6.45) is -1.63. The molecule has 3 heterocycles. The van der Waals surface area contributed by atoms with Crippen LogP contribution in [0.4, 0.5) is 13.2 Å². The van der Waals surface area contributed by atoms with E-state index in [0.29, 0.717) is 17.8 Å². The zero-order valence-electron chi connectivity index (χ0n) is 17.3. The summed E-state index contributed by atoms with van der Waals surface area (Å²) in [6.45, 7) is 2.17. The monoisotopic (exact) mass is 443 g/mol. The van der Waals surface area contributed by atoms with Gasteiger partial charge >= 0.3 is 6.18 Å². The Morgan fingerprint density at radius 2 is 1.88 bits per heavy atom. The Balaban J connectivity index is 1.77. The van der Waals surface area contributed by atoms with Gasteiger partial charge in [0.2, 0.25) is 0 Å². The summed E-state index contributed by atoms with van der Waals surface area (Å²) in [4.78, 5) is 15.7. The lowest BCUT2D eigenvalue weighted by Crippen LogP contribution is -2.15. The number of ether oxygens (including phenoxy) is 1. The average molecular weight is 443 g/mol. The Kier molecular flexibility index (Phi) is 5.52. The van der Waals surface area contributed by atoms with Gasteiger partial charge in [0.25, 0.3) is 5.56 Å². The van der Waals surface area contributed by atoms with Crippen molar-refractivity contribution in [1.82, 2.24) is 14.1 Å². The first-order chi connectivity index (χ1) is 15.2. The number of aromatic nitrogens is 3. The minimum Gasteiger partial charge on any atom is -0.456 e. The Hall–Kier alpha value is -3.59. The van der Waals surface area contributed by atoms with Gasteiger partial charge in [-0.05, 0) is 48.4 Å². The summed E-state index contributed by atoms with van der Waals surface area (Å²) in [5.74, 6) is 0.593. The minimum atomic E-state index is -4.52. The van der Waals surface area contributed by atoms with Crippen LogP contribution in [-0.4, -0.2) is 25.8 Å². The molecule has 32 heavy (non-hydrogen) atoms. The number of pyridine rings is 2. The third-order valence-corrected chi connectivity index (χ3v) is 5.11. The number of hydrogen-bond acceptors (Lipinski definition) is 4. The molecule has 0 saturated heterocycles. The highest BCUT2D eigenvalue weighted by molar-refractivity contribution is 5.93. The summed E-state index contributed by atoms with van der Waals surface area (Å²) in [5.41, 5.74) is 2.75. The second kappa shape index (κ2) is 8.16. The maximum Gasteiger partial charge on any atom is 0.433 e. The van der Waals surface area contributed by atoms with Gasteiger partial charge in [-0.15, -0.1) is 0 Å². The predicted molar refractivity (Wildman–Crippen MR) is 114 cm³/mol. The molecule has 0 aliphatic carbocycles. The second-order valence-corrected chi connectivity index (χ2v) is 7.44. The van der Waals surface area contributed by atoms with Crippen molar-refractivity contribution in [2.75, 3.05) is 6.61 Å². The summed E-state index contributed by atoms with van der Waals surface area (Å²) < 4.78 is 47.4. The molecule has 3 aromatic heterocycles. The number of benzene rings is 1. The molecule has 1 aromatic carbocycles. The molecule has 4 rings (SSSR count). The van der Waals surface area contributed by atoms with Crippen molar-refractivity contribution in [2.24, 2.45) is 7.05 Å². The second-order valence-electron chi connectivity index (χ2n) is 7.44. The molecule has 0 amide bonds. The fraction of sp³-hybridized carbons (Fsp3) is 0.217. The van der Waals surface area contributed by atoms with E-state index in [2.05, 4.69) is 4.98 Å². The number of rotatable bonds is 5. The molecule has 0 radical (unpaired) electrons. The van der Waals surface area contributed by atoms with E-state index in [1.54, 1.807) is 29.8 Å². The van der Waals surface area contributed by atoms with Gasteiger partial charge in [-0.3, -0.25) is 4.79 Å². The molecule has 166 valence electrons. The van der Waals surface area contributed by atoms with E-state index in [4.69, 9.17) is 4.74 Å². The van der Waals surface area contributed by atoms with Crippen LogP contribution in [0.15, 0.2) is 59.7 Å². The van der Waals surface area contributed by atoms with Crippen molar-refractivity contribution in [3.63, 3.8) is 0 Å². The lowest BCUT2D eigenvalue weighted by atomic mass is 10.0. The Morgan fingerprint density at radius 1 is 1.09 bits per heavy atom. The van der Waals surface area contributed by atoms with Crippen LogP contribution in [0.2, 0.25) is 0 Å². The molecule has 0 saturated carbocycles. The van der Waals surface area contributed by atoms with E-state index in [1.807, 2.05) is 23.8 Å². The smallest absolute Gasteiger partial charge is 0.433 e. The van der Waals surface area contributed by atoms with E-state index >= 15 is 0 Å². The third kappa shape index (κ3) is 4.11. The Labute approximate surface area is 181 Å². The summed E-state index contributed by atoms with van der Waals surface area (Å²) in [7, 11) is 1.68. The molecule has 0 fully saturated rings. The van der Waals surface area contributed by atoms with E-state index < -0.39 is 11.9 Å². The van der Waals surface area contributed by atoms with Crippen molar-refractivity contribution in [1.29, 1.82) is 0 Å². The molecule has 0 spiro atoms. The highest BCUT2D eigenvalue weighted by Gasteiger charge is 2.32. The number of nitrogens with zero attached hydrogens (tertiary/aromatic N) is 3. The van der Waals surface area contributed by atoms with Crippen LogP contribution in [0.25, 0.3) is 22.2 Å². The van der Waals surface area contributed by atoms with E-state index in [1.165, 1.54) is 12.1 Å². The minimum absolute atomic E-state index is 0.0604. The van der Waals surface area contributed by atoms with E-state index in [-0.39, 0.29) is 17.9 Å². The number of halogens is 3. The third-order valence-electron chi connectivity index (χ3n) is 5.11. The zero-order chi connectivity index (χ0) is 23.0. The van der Waals surface area contributed by atoms with Gasteiger partial charge in [-0.2, -0.15) is 13.2 Å². The molecule has 1 N–H and O–H groups in total. The first-order valence-corrected chi connectivity index (χ1v) is 9.80. The molecule has 0 aliphatic heterocycles. The maximum atomic E-state index is 12.7. The van der Waals surface area contributed by atoms with E-state index in [0.717, 1.165) is 34.5 Å². The van der Waals surface area contributed by atoms with Gasteiger partial charge in [0.1, 0.15) is 17.2 Å². The van der Waals surface area contributed by atoms with Crippen molar-refractivity contribution in [3.05, 3.63) is 76.5 Å². The number of aryl methyl sites for hydroxylation is 2. The Morgan fingerprint density at radius 3 is 2.53 bits per heavy atom. The van der Waals surface area contributed by atoms with Gasteiger partial charge < -0.3 is 19.0 Å². The molecule has 0 aliphatic rings. The number of alkyl halides is 3. The van der Waals surface area contributed by atoms with Crippen LogP contribution in [0.1, 0.15) is 11.3 Å². The van der Waals surface area contributed by atoms with Gasteiger partial charge in [-0.1, -0.05) is 6.07 Å². The SMILES string of the molecule is Cc1cc(Oc2ccc(C(F)(F)F)nc2)cc(-c2cn(CCO)c3ccc(=O)n(C)c23)c1. The number of aliphatic hydroxyl groups excluding tert-OH is 1. The van der Waals surface area contributed by atoms with Crippen molar-refractivity contribution in [3.8, 4) is 22.6 Å². The van der Waals surface area contributed by atoms with Gasteiger partial charge in [0.15, 0.2) is 0 Å². The Bertz CT molecular complexity index is 1340. The average Bonchev–Trinajstić information content (AvgIpc) is 3.09. The first kappa shape index (κ1) is 21.6. The summed E-state index contributed by atoms with van der Waals surface area (Å²) in [6, 6.07) is 10.7. The van der Waals surface area contributed by atoms with Crippen molar-refractivity contribution >= 4 is 11.0 Å². The number of aliphatic hydroxyl groups is 1. The lowest BCUT2D eigenvalue weighted by molar-refractivity contribution is -0.141. The van der Waals surface area contributed by atoms with Crippen LogP contribution in [0.3, 0.4) is 0 Å². The number of fused-ring (bicyclic) bond motifs is 1. The molecular formula is C23H20F3N3O3. The fourth-order valence-corrected chi connectivity index (χ4v) is 3.67. The molecule has 4 aromatic rings. The van der Waals surface area contributed by atoms with Crippen LogP contribution in [-0.2, 0) is 19.8 Å². The standard InChI is InChI=1S/C23H20F3N3O3/c1-14-9-15(11-17(10-14)32-16-3-5-20(27-12-16)23(24,25)26)18-13-29(7-8-30)19-4-6-21(31)28(2)22(18)19/h3-6,9-13,30H,7-8H2,1-2H3. The van der Waals surface area contributed by atoms with Gasteiger partial charge in [-0.25, -0.2) is 4.98 Å². The highest BCUT2D eigenvalue weighted by Crippen LogP contribution is 2.34. The topological polar surface area (TPSA) is 69.3 Å². The van der Waals surface area contributed by atoms with Gasteiger partial charge in [0.05, 0.1) is 23.8 Å². The molecule has 9 heteroatoms. The van der Waals surface area contributed by atoms with Crippen LogP contribution in [0.5, 0.6) is 11.5 Å². The molecule has 0 unspecified atom stereocenters. The zero-order valence-corrected chi connectivity index (χ0v) is 17.3. The summed E-state index contributed by atoms with van der Waals surface area (Å²) in [5, 5.41) is 9.42. The first-order valence-electron chi connectivity index (χ1n) is 9.80. The van der Waals surface area contributed by atoms with Gasteiger partial charge in [0, 0.05) is 31.4 Å². The molecule has 0 bridgehead atoms. The van der Waals surface area contributed by atoms with Crippen LogP contribution in [0, 0.1) is 6.92 Å². The van der Waals surface area contributed by atoms with Crippen molar-refractivity contribution in [2.45, 2.75) is 19.6 Å². The van der Waals surface area contributed by atoms with Crippen LogP contribution >= 0.6 is 0 Å². The predicted octanol–water partition coefficient (Wildman–Crippen LogP) is 4.51. The fourth-order valence-electron chi connectivity index (χ4n) is 3.67. The van der Waals surface area contributed by atoms with Crippen molar-refractivity contribution < 1.29 is 23.0 Å². The molecule has 6 nitrogen and oxygen atoms in total. The maximum absolute atomic E-state index is 12.7. The molecule has 0 atom stereocenters. The quantitative estimate of drug-likeness (QED) is 0.493. The molecular weight excluding hydrogens is 423 g/mol. The highest BCUT2D eigenvalue weighted by atomic mass is 19.4. The number of hydrogen-bond donors (Lipinski definition) is 1. The largest absolute Gasteiger partial charge is 0.456 e. The van der Waals surface area contributed by atoms with E-state index in [9.17, 15) is 23.1 Å². The lowest BCUT2D eigenvalue weighted by Gasteiger charge is -2.11. The van der Waals surface area contributed by atoms with Crippen LogP contribution < -0.4 is 10.3 Å². The normalized spacial score (nSPS) is 11.8.